The van der Waals surface area contributed by atoms with Gasteiger partial charge in [-0.05, 0) is 50.8 Å². The van der Waals surface area contributed by atoms with Crippen molar-refractivity contribution in [3.05, 3.63) is 28.8 Å². The lowest BCUT2D eigenvalue weighted by atomic mass is 9.84. The summed E-state index contributed by atoms with van der Waals surface area (Å²) in [6.45, 7) is 14.4. The topological polar surface area (TPSA) is 21.3 Å². The third kappa shape index (κ3) is 3.01. The van der Waals surface area contributed by atoms with Gasteiger partial charge in [0.2, 0.25) is 0 Å². The molecule has 0 fully saturated rings. The maximum Gasteiger partial charge on any atom is 0.128 e. The zero-order chi connectivity index (χ0) is 14.9. The van der Waals surface area contributed by atoms with Crippen LogP contribution in [0.25, 0.3) is 0 Å². The van der Waals surface area contributed by atoms with E-state index >= 15 is 0 Å². The highest BCUT2D eigenvalue weighted by atomic mass is 16.5. The van der Waals surface area contributed by atoms with Crippen LogP contribution in [-0.2, 0) is 0 Å². The van der Waals surface area contributed by atoms with Crippen molar-refractivity contribution < 1.29 is 4.74 Å². The molecule has 1 aliphatic heterocycles. The molecule has 1 atom stereocenters. The second-order valence-electron chi connectivity index (χ2n) is 6.94. The first-order valence-corrected chi connectivity index (χ1v) is 7.91. The SMILES string of the molecule is CCCNC1CC(C)(C)Oc2c(C(C)C)ccc(C)c21. The van der Waals surface area contributed by atoms with Gasteiger partial charge in [-0.15, -0.1) is 0 Å². The van der Waals surface area contributed by atoms with Gasteiger partial charge in [0.15, 0.2) is 0 Å². The molecule has 0 amide bonds. The minimum absolute atomic E-state index is 0.101. The Bertz CT molecular complexity index is 477. The molecule has 2 heteroatoms. The van der Waals surface area contributed by atoms with Gasteiger partial charge in [-0.25, -0.2) is 0 Å². The van der Waals surface area contributed by atoms with Crippen molar-refractivity contribution in [1.82, 2.24) is 5.32 Å². The quantitative estimate of drug-likeness (QED) is 0.858. The fraction of sp³-hybridized carbons (Fsp3) is 0.667. The summed E-state index contributed by atoms with van der Waals surface area (Å²) in [5.74, 6) is 1.62. The zero-order valence-corrected chi connectivity index (χ0v) is 13.8. The molecular weight excluding hydrogens is 246 g/mol. The third-order valence-corrected chi connectivity index (χ3v) is 4.13. The molecule has 1 aromatic rings. The predicted molar refractivity (Wildman–Crippen MR) is 85.6 cm³/mol. The van der Waals surface area contributed by atoms with Gasteiger partial charge in [0.1, 0.15) is 11.4 Å². The molecule has 0 bridgehead atoms. The van der Waals surface area contributed by atoms with Crippen molar-refractivity contribution in [3.8, 4) is 5.75 Å². The predicted octanol–water partition coefficient (Wildman–Crippen LogP) is 4.72. The number of aryl methyl sites for hydroxylation is 1. The van der Waals surface area contributed by atoms with Crippen molar-refractivity contribution in [2.45, 2.75) is 71.9 Å². The Balaban J connectivity index is 2.50. The van der Waals surface area contributed by atoms with E-state index in [9.17, 15) is 0 Å². The van der Waals surface area contributed by atoms with Crippen LogP contribution in [0.5, 0.6) is 5.75 Å². The van der Waals surface area contributed by atoms with E-state index in [0.29, 0.717) is 12.0 Å². The zero-order valence-electron chi connectivity index (χ0n) is 13.8. The number of hydrogen-bond acceptors (Lipinski definition) is 2. The van der Waals surface area contributed by atoms with E-state index < -0.39 is 0 Å². The van der Waals surface area contributed by atoms with Crippen molar-refractivity contribution >= 4 is 0 Å². The minimum atomic E-state index is -0.101. The highest BCUT2D eigenvalue weighted by molar-refractivity contribution is 5.51. The fourth-order valence-corrected chi connectivity index (χ4v) is 3.12. The van der Waals surface area contributed by atoms with E-state index in [1.165, 1.54) is 16.7 Å². The van der Waals surface area contributed by atoms with E-state index in [-0.39, 0.29) is 5.60 Å². The van der Waals surface area contributed by atoms with Crippen molar-refractivity contribution in [2.24, 2.45) is 0 Å². The summed E-state index contributed by atoms with van der Waals surface area (Å²) in [5.41, 5.74) is 3.95. The van der Waals surface area contributed by atoms with Crippen molar-refractivity contribution in [1.29, 1.82) is 0 Å². The summed E-state index contributed by atoms with van der Waals surface area (Å²) in [7, 11) is 0. The van der Waals surface area contributed by atoms with Gasteiger partial charge in [-0.1, -0.05) is 32.9 Å². The molecule has 0 saturated carbocycles. The fourth-order valence-electron chi connectivity index (χ4n) is 3.12. The van der Waals surface area contributed by atoms with Crippen LogP contribution in [0, 0.1) is 6.92 Å². The number of ether oxygens (including phenoxy) is 1. The summed E-state index contributed by atoms with van der Waals surface area (Å²) in [5, 5.41) is 3.71. The van der Waals surface area contributed by atoms with Gasteiger partial charge in [0, 0.05) is 18.0 Å². The van der Waals surface area contributed by atoms with E-state index in [0.717, 1.165) is 25.1 Å². The van der Waals surface area contributed by atoms with Crippen LogP contribution in [0.15, 0.2) is 12.1 Å². The van der Waals surface area contributed by atoms with Gasteiger partial charge in [-0.3, -0.25) is 0 Å². The lowest BCUT2D eigenvalue weighted by Crippen LogP contribution is -2.40. The molecule has 20 heavy (non-hydrogen) atoms. The van der Waals surface area contributed by atoms with E-state index in [2.05, 4.69) is 59.0 Å². The van der Waals surface area contributed by atoms with Gasteiger partial charge in [0.25, 0.3) is 0 Å². The first-order valence-electron chi connectivity index (χ1n) is 7.91. The van der Waals surface area contributed by atoms with Crippen molar-refractivity contribution in [3.63, 3.8) is 0 Å². The van der Waals surface area contributed by atoms with Crippen LogP contribution in [0.2, 0.25) is 0 Å². The number of hydrogen-bond donors (Lipinski definition) is 1. The summed E-state index contributed by atoms with van der Waals surface area (Å²) in [6.07, 6.45) is 2.19. The van der Waals surface area contributed by atoms with Crippen LogP contribution < -0.4 is 10.1 Å². The molecule has 0 saturated heterocycles. The number of fused-ring (bicyclic) bond motifs is 1. The average molecular weight is 275 g/mol. The molecular formula is C18H29NO. The van der Waals surface area contributed by atoms with Gasteiger partial charge >= 0.3 is 0 Å². The second-order valence-corrected chi connectivity index (χ2v) is 6.94. The molecule has 1 N–H and O–H groups in total. The molecule has 2 rings (SSSR count). The van der Waals surface area contributed by atoms with E-state index in [1.54, 1.807) is 0 Å². The van der Waals surface area contributed by atoms with Crippen LogP contribution in [0.4, 0.5) is 0 Å². The standard InChI is InChI=1S/C18H29NO/c1-7-10-19-15-11-18(5,6)20-17-14(12(2)3)9-8-13(4)16(15)17/h8-9,12,15,19H,7,10-11H2,1-6H3. The summed E-state index contributed by atoms with van der Waals surface area (Å²) in [4.78, 5) is 0. The lowest BCUT2D eigenvalue weighted by Gasteiger charge is -2.40. The molecule has 0 aliphatic carbocycles. The van der Waals surface area contributed by atoms with Crippen molar-refractivity contribution in [2.75, 3.05) is 6.54 Å². The average Bonchev–Trinajstić information content (AvgIpc) is 2.34. The largest absolute Gasteiger partial charge is 0.487 e. The molecule has 2 nitrogen and oxygen atoms in total. The molecule has 0 radical (unpaired) electrons. The van der Waals surface area contributed by atoms with Gasteiger partial charge < -0.3 is 10.1 Å². The Morgan fingerprint density at radius 1 is 1.35 bits per heavy atom. The Morgan fingerprint density at radius 3 is 2.65 bits per heavy atom. The summed E-state index contributed by atoms with van der Waals surface area (Å²) in [6, 6.07) is 4.89. The molecule has 1 unspecified atom stereocenters. The van der Waals surface area contributed by atoms with E-state index in [1.807, 2.05) is 0 Å². The van der Waals surface area contributed by atoms with E-state index in [4.69, 9.17) is 4.74 Å². The highest BCUT2D eigenvalue weighted by Gasteiger charge is 2.36. The Morgan fingerprint density at radius 2 is 2.05 bits per heavy atom. The molecule has 112 valence electrons. The second kappa shape index (κ2) is 5.77. The highest BCUT2D eigenvalue weighted by Crippen LogP contribution is 2.45. The first-order chi connectivity index (χ1) is 9.35. The number of rotatable bonds is 4. The molecule has 1 aliphatic rings. The minimum Gasteiger partial charge on any atom is -0.487 e. The monoisotopic (exact) mass is 275 g/mol. The first kappa shape index (κ1) is 15.4. The van der Waals surface area contributed by atoms with Crippen LogP contribution in [0.1, 0.15) is 76.1 Å². The third-order valence-electron chi connectivity index (χ3n) is 4.13. The van der Waals surface area contributed by atoms with Crippen LogP contribution in [-0.4, -0.2) is 12.1 Å². The molecule has 0 spiro atoms. The summed E-state index contributed by atoms with van der Waals surface area (Å²) >= 11 is 0. The normalized spacial score (nSPS) is 20.6. The molecule has 0 aromatic heterocycles. The Hall–Kier alpha value is -1.02. The molecule has 1 aromatic carbocycles. The maximum atomic E-state index is 6.36. The van der Waals surface area contributed by atoms with Gasteiger partial charge in [-0.2, -0.15) is 0 Å². The number of benzene rings is 1. The molecule has 1 heterocycles. The summed E-state index contributed by atoms with van der Waals surface area (Å²) < 4.78 is 6.36. The smallest absolute Gasteiger partial charge is 0.128 e. The Labute approximate surface area is 123 Å². The van der Waals surface area contributed by atoms with Crippen LogP contribution in [0.3, 0.4) is 0 Å². The Kier molecular flexibility index (Phi) is 4.43. The van der Waals surface area contributed by atoms with Crippen LogP contribution >= 0.6 is 0 Å². The number of nitrogens with one attached hydrogen (secondary N) is 1. The lowest BCUT2D eigenvalue weighted by molar-refractivity contribution is 0.0642. The van der Waals surface area contributed by atoms with Gasteiger partial charge in [0.05, 0.1) is 0 Å². The maximum absolute atomic E-state index is 6.36.